The number of nitrogens with two attached hydrogens (primary N) is 1. The molecule has 0 spiro atoms. The Bertz CT molecular complexity index is 920. The summed E-state index contributed by atoms with van der Waals surface area (Å²) >= 11 is 0. The molecular weight excluding hydrogens is 298 g/mol. The van der Waals surface area contributed by atoms with E-state index < -0.39 is 0 Å². The van der Waals surface area contributed by atoms with Gasteiger partial charge in [0, 0.05) is 23.3 Å². The molecule has 0 aliphatic carbocycles. The van der Waals surface area contributed by atoms with Gasteiger partial charge in [0.25, 0.3) is 0 Å². The van der Waals surface area contributed by atoms with Crippen LogP contribution in [0.4, 0.5) is 11.4 Å². The summed E-state index contributed by atoms with van der Waals surface area (Å²) in [7, 11) is 0. The largest absolute Gasteiger partial charge is 0.399 e. The SMILES string of the molecule is Nc1ccc2nc(CC(=O)N3CCCc4ccccc43)ccc2c1. The maximum absolute atomic E-state index is 12.8. The van der Waals surface area contributed by atoms with Crippen molar-refractivity contribution in [2.24, 2.45) is 0 Å². The molecule has 0 fully saturated rings. The molecule has 2 N–H and O–H groups in total. The summed E-state index contributed by atoms with van der Waals surface area (Å²) in [5.74, 6) is 0.101. The highest BCUT2D eigenvalue weighted by molar-refractivity contribution is 5.96. The van der Waals surface area contributed by atoms with E-state index in [1.165, 1.54) is 5.56 Å². The van der Waals surface area contributed by atoms with Crippen molar-refractivity contribution < 1.29 is 4.79 Å². The van der Waals surface area contributed by atoms with Gasteiger partial charge in [0.2, 0.25) is 5.91 Å². The van der Waals surface area contributed by atoms with Gasteiger partial charge in [0.1, 0.15) is 0 Å². The van der Waals surface area contributed by atoms with Gasteiger partial charge in [-0.25, -0.2) is 0 Å². The highest BCUT2D eigenvalue weighted by atomic mass is 16.2. The van der Waals surface area contributed by atoms with Gasteiger partial charge in [-0.3, -0.25) is 9.78 Å². The Kier molecular flexibility index (Phi) is 3.65. The number of carbonyl (C=O) groups excluding carboxylic acids is 1. The van der Waals surface area contributed by atoms with E-state index in [0.717, 1.165) is 47.4 Å². The Morgan fingerprint density at radius 3 is 2.92 bits per heavy atom. The third-order valence-corrected chi connectivity index (χ3v) is 4.51. The van der Waals surface area contributed by atoms with Crippen LogP contribution < -0.4 is 10.6 Å². The molecule has 1 aliphatic rings. The minimum Gasteiger partial charge on any atom is -0.399 e. The lowest BCUT2D eigenvalue weighted by atomic mass is 10.0. The van der Waals surface area contributed by atoms with Crippen LogP contribution in [-0.2, 0) is 17.6 Å². The lowest BCUT2D eigenvalue weighted by Crippen LogP contribution is -2.36. The van der Waals surface area contributed by atoms with Crippen LogP contribution in [0.5, 0.6) is 0 Å². The van der Waals surface area contributed by atoms with Crippen LogP contribution in [0, 0.1) is 0 Å². The monoisotopic (exact) mass is 317 g/mol. The lowest BCUT2D eigenvalue weighted by molar-refractivity contribution is -0.118. The predicted octanol–water partition coefficient (Wildman–Crippen LogP) is 3.34. The molecule has 0 atom stereocenters. The summed E-state index contributed by atoms with van der Waals surface area (Å²) in [6.07, 6.45) is 2.36. The molecule has 24 heavy (non-hydrogen) atoms. The summed E-state index contributed by atoms with van der Waals surface area (Å²) in [4.78, 5) is 19.3. The zero-order valence-corrected chi connectivity index (χ0v) is 13.4. The fraction of sp³-hybridized carbons (Fsp3) is 0.200. The fourth-order valence-electron chi connectivity index (χ4n) is 3.33. The van der Waals surface area contributed by atoms with Gasteiger partial charge in [-0.05, 0) is 48.7 Å². The topological polar surface area (TPSA) is 59.2 Å². The number of nitrogen functional groups attached to an aromatic ring is 1. The van der Waals surface area contributed by atoms with Crippen LogP contribution in [-0.4, -0.2) is 17.4 Å². The van der Waals surface area contributed by atoms with E-state index in [1.54, 1.807) is 0 Å². The average Bonchev–Trinajstić information content (AvgIpc) is 2.61. The first kappa shape index (κ1) is 14.7. The van der Waals surface area contributed by atoms with E-state index in [1.807, 2.05) is 53.4 Å². The molecule has 1 aromatic heterocycles. The second kappa shape index (κ2) is 5.96. The molecule has 2 heterocycles. The predicted molar refractivity (Wildman–Crippen MR) is 97.0 cm³/mol. The summed E-state index contributed by atoms with van der Waals surface area (Å²) in [5, 5.41) is 0.995. The molecule has 0 unspecified atom stereocenters. The molecule has 1 amide bonds. The summed E-state index contributed by atoms with van der Waals surface area (Å²) in [5.41, 5.74) is 10.5. The first-order valence-corrected chi connectivity index (χ1v) is 8.24. The maximum Gasteiger partial charge on any atom is 0.233 e. The Morgan fingerprint density at radius 2 is 2.00 bits per heavy atom. The molecule has 4 nitrogen and oxygen atoms in total. The van der Waals surface area contributed by atoms with Gasteiger partial charge in [-0.1, -0.05) is 24.3 Å². The van der Waals surface area contributed by atoms with Crippen LogP contribution in [0.25, 0.3) is 10.9 Å². The number of aromatic nitrogens is 1. The number of fused-ring (bicyclic) bond motifs is 2. The Balaban J connectivity index is 1.60. The molecule has 1 aliphatic heterocycles. The van der Waals surface area contributed by atoms with Crippen LogP contribution >= 0.6 is 0 Å². The number of anilines is 2. The number of aryl methyl sites for hydroxylation is 1. The minimum absolute atomic E-state index is 0.101. The lowest BCUT2D eigenvalue weighted by Gasteiger charge is -2.29. The second-order valence-corrected chi connectivity index (χ2v) is 6.21. The van der Waals surface area contributed by atoms with Crippen molar-refractivity contribution in [3.8, 4) is 0 Å². The van der Waals surface area contributed by atoms with Crippen LogP contribution in [0.3, 0.4) is 0 Å². The Morgan fingerprint density at radius 1 is 1.12 bits per heavy atom. The van der Waals surface area contributed by atoms with E-state index in [9.17, 15) is 4.79 Å². The summed E-state index contributed by atoms with van der Waals surface area (Å²) < 4.78 is 0. The van der Waals surface area contributed by atoms with Crippen molar-refractivity contribution in [3.63, 3.8) is 0 Å². The molecule has 4 heteroatoms. The molecule has 120 valence electrons. The van der Waals surface area contributed by atoms with Crippen LogP contribution in [0.2, 0.25) is 0 Å². The second-order valence-electron chi connectivity index (χ2n) is 6.21. The summed E-state index contributed by atoms with van der Waals surface area (Å²) in [6.45, 7) is 0.778. The van der Waals surface area contributed by atoms with Crippen molar-refractivity contribution in [1.29, 1.82) is 0 Å². The van der Waals surface area contributed by atoms with Crippen LogP contribution in [0.15, 0.2) is 54.6 Å². The van der Waals surface area contributed by atoms with Gasteiger partial charge < -0.3 is 10.6 Å². The molecule has 2 aromatic carbocycles. The van der Waals surface area contributed by atoms with E-state index in [0.29, 0.717) is 6.42 Å². The molecule has 0 radical (unpaired) electrons. The quantitative estimate of drug-likeness (QED) is 0.738. The Hall–Kier alpha value is -2.88. The molecule has 4 rings (SSSR count). The third-order valence-electron chi connectivity index (χ3n) is 4.51. The van der Waals surface area contributed by atoms with Gasteiger partial charge in [0.15, 0.2) is 0 Å². The number of nitrogens with zero attached hydrogens (tertiary/aromatic N) is 2. The van der Waals surface area contributed by atoms with Crippen molar-refractivity contribution in [1.82, 2.24) is 4.98 Å². The third kappa shape index (κ3) is 2.71. The van der Waals surface area contributed by atoms with Crippen molar-refractivity contribution in [3.05, 3.63) is 65.9 Å². The first-order valence-electron chi connectivity index (χ1n) is 8.24. The van der Waals surface area contributed by atoms with E-state index >= 15 is 0 Å². The average molecular weight is 317 g/mol. The number of rotatable bonds is 2. The number of carbonyl (C=O) groups is 1. The molecular formula is C20H19N3O. The summed E-state index contributed by atoms with van der Waals surface area (Å²) in [6, 6.07) is 17.7. The maximum atomic E-state index is 12.8. The standard InChI is InChI=1S/C20H19N3O/c21-16-8-10-18-15(12-16)7-9-17(22-18)13-20(24)23-11-3-5-14-4-1-2-6-19(14)23/h1-2,4,6-10,12H,3,5,11,13,21H2. The molecule has 0 bridgehead atoms. The van der Waals surface area contributed by atoms with Crippen molar-refractivity contribution in [2.45, 2.75) is 19.3 Å². The van der Waals surface area contributed by atoms with E-state index in [-0.39, 0.29) is 5.91 Å². The van der Waals surface area contributed by atoms with Gasteiger partial charge in [-0.15, -0.1) is 0 Å². The van der Waals surface area contributed by atoms with Gasteiger partial charge >= 0.3 is 0 Å². The Labute approximate surface area is 140 Å². The highest BCUT2D eigenvalue weighted by Gasteiger charge is 2.22. The first-order chi connectivity index (χ1) is 11.7. The number of hydrogen-bond donors (Lipinski definition) is 1. The van der Waals surface area contributed by atoms with Gasteiger partial charge in [0.05, 0.1) is 17.6 Å². The fourth-order valence-corrected chi connectivity index (χ4v) is 3.33. The normalized spacial score (nSPS) is 13.8. The zero-order chi connectivity index (χ0) is 16.5. The van der Waals surface area contributed by atoms with Crippen LogP contribution in [0.1, 0.15) is 17.7 Å². The van der Waals surface area contributed by atoms with E-state index in [4.69, 9.17) is 5.73 Å². The smallest absolute Gasteiger partial charge is 0.233 e. The van der Waals surface area contributed by atoms with Gasteiger partial charge in [-0.2, -0.15) is 0 Å². The van der Waals surface area contributed by atoms with E-state index in [2.05, 4.69) is 11.1 Å². The molecule has 0 saturated heterocycles. The highest BCUT2D eigenvalue weighted by Crippen LogP contribution is 2.27. The number of amides is 1. The number of hydrogen-bond acceptors (Lipinski definition) is 3. The molecule has 0 saturated carbocycles. The number of para-hydroxylation sites is 1. The zero-order valence-electron chi connectivity index (χ0n) is 13.4. The number of benzene rings is 2. The number of pyridine rings is 1. The minimum atomic E-state index is 0.101. The van der Waals surface area contributed by atoms with Crippen molar-refractivity contribution in [2.75, 3.05) is 17.2 Å². The molecule has 3 aromatic rings. The van der Waals surface area contributed by atoms with Crippen molar-refractivity contribution >= 4 is 28.2 Å².